The van der Waals surface area contributed by atoms with Gasteiger partial charge in [-0.25, -0.2) is 4.39 Å². The molecule has 3 unspecified atom stereocenters. The molecule has 2 aliphatic carbocycles. The van der Waals surface area contributed by atoms with E-state index in [0.29, 0.717) is 23.8 Å². The highest BCUT2D eigenvalue weighted by Crippen LogP contribution is 2.43. The zero-order chi connectivity index (χ0) is 17.4. The number of rotatable bonds is 3. The van der Waals surface area contributed by atoms with Crippen molar-refractivity contribution in [3.8, 4) is 0 Å². The topological polar surface area (TPSA) is 46.3 Å². The number of halogens is 2. The van der Waals surface area contributed by atoms with Crippen LogP contribution in [0.4, 0.5) is 4.39 Å². The number of hydrogen-bond acceptors (Lipinski definition) is 2. The van der Waals surface area contributed by atoms with Crippen molar-refractivity contribution in [3.05, 3.63) is 35.6 Å². The van der Waals surface area contributed by atoms with Crippen LogP contribution in [0, 0.1) is 23.6 Å². The van der Waals surface area contributed by atoms with Crippen LogP contribution in [0.5, 0.6) is 0 Å². The maximum atomic E-state index is 13.5. The van der Waals surface area contributed by atoms with Crippen LogP contribution in [0.2, 0.25) is 0 Å². The van der Waals surface area contributed by atoms with Crippen molar-refractivity contribution in [2.24, 2.45) is 23.5 Å². The molecule has 144 valence electrons. The molecule has 2 saturated carbocycles. The van der Waals surface area contributed by atoms with Crippen molar-refractivity contribution in [2.75, 3.05) is 6.54 Å². The minimum absolute atomic E-state index is 0. The van der Waals surface area contributed by atoms with Gasteiger partial charge in [-0.2, -0.15) is 0 Å². The molecule has 1 aromatic carbocycles. The molecule has 1 amide bonds. The van der Waals surface area contributed by atoms with E-state index in [2.05, 4.69) is 4.90 Å². The third-order valence-corrected chi connectivity index (χ3v) is 6.78. The molecule has 1 aromatic rings. The third-order valence-electron chi connectivity index (χ3n) is 6.78. The second kappa shape index (κ2) is 8.26. The minimum atomic E-state index is -0.192. The molecule has 3 aliphatic rings. The molecule has 3 fully saturated rings. The van der Waals surface area contributed by atoms with E-state index in [0.717, 1.165) is 44.2 Å². The molecule has 0 spiro atoms. The maximum Gasteiger partial charge on any atom is 0.225 e. The summed E-state index contributed by atoms with van der Waals surface area (Å²) in [5.41, 5.74) is 7.38. The molecule has 1 heterocycles. The first kappa shape index (κ1) is 19.6. The van der Waals surface area contributed by atoms with Crippen molar-refractivity contribution in [1.29, 1.82) is 0 Å². The van der Waals surface area contributed by atoms with Gasteiger partial charge in [-0.05, 0) is 74.5 Å². The summed E-state index contributed by atoms with van der Waals surface area (Å²) in [6.07, 6.45) is 8.45. The number of fused-ring (bicyclic) bond motifs is 2. The van der Waals surface area contributed by atoms with Gasteiger partial charge in [0.05, 0.1) is 0 Å². The van der Waals surface area contributed by atoms with Gasteiger partial charge in [-0.15, -0.1) is 12.4 Å². The van der Waals surface area contributed by atoms with E-state index in [9.17, 15) is 9.18 Å². The largest absolute Gasteiger partial charge is 0.339 e. The number of likely N-dealkylation sites (tertiary alicyclic amines) is 1. The molecule has 2 bridgehead atoms. The summed E-state index contributed by atoms with van der Waals surface area (Å²) in [4.78, 5) is 15.3. The Morgan fingerprint density at radius 3 is 2.58 bits per heavy atom. The van der Waals surface area contributed by atoms with Crippen LogP contribution in [0.1, 0.15) is 50.5 Å². The number of carbonyl (C=O) groups is 1. The molecule has 1 aliphatic heterocycles. The molecule has 2 N–H and O–H groups in total. The molecule has 26 heavy (non-hydrogen) atoms. The highest BCUT2D eigenvalue weighted by molar-refractivity contribution is 5.85. The van der Waals surface area contributed by atoms with E-state index < -0.39 is 0 Å². The summed E-state index contributed by atoms with van der Waals surface area (Å²) in [5.74, 6) is 1.37. The van der Waals surface area contributed by atoms with Gasteiger partial charge in [0.1, 0.15) is 5.82 Å². The molecule has 5 heteroatoms. The number of amides is 1. The minimum Gasteiger partial charge on any atom is -0.339 e. The zero-order valence-electron chi connectivity index (χ0n) is 15.3. The van der Waals surface area contributed by atoms with E-state index in [1.54, 1.807) is 12.1 Å². The summed E-state index contributed by atoms with van der Waals surface area (Å²) in [7, 11) is 0. The van der Waals surface area contributed by atoms with Crippen molar-refractivity contribution >= 4 is 18.3 Å². The van der Waals surface area contributed by atoms with Crippen LogP contribution in [0.3, 0.4) is 0 Å². The molecular formula is C21H30ClFN2O. The fourth-order valence-electron chi connectivity index (χ4n) is 5.50. The van der Waals surface area contributed by atoms with Crippen LogP contribution < -0.4 is 5.73 Å². The van der Waals surface area contributed by atoms with Crippen molar-refractivity contribution in [3.63, 3.8) is 0 Å². The molecule has 3 atom stereocenters. The molecule has 4 rings (SSSR count). The van der Waals surface area contributed by atoms with Crippen LogP contribution in [-0.2, 0) is 11.2 Å². The lowest BCUT2D eigenvalue weighted by atomic mass is 9.65. The quantitative estimate of drug-likeness (QED) is 0.863. The Hall–Kier alpha value is -1.13. The number of nitrogens with zero attached hydrogens (tertiary/aromatic N) is 1. The standard InChI is InChI=1S/C21H29FN2O.ClH/c22-18-7-1-4-14(10-18)11-19-8-3-9-24(19)21(25)17-12-15-5-2-6-16(13-17)20(15)23;/h1,4,7,10,15-17,19-20H,2-3,5-6,8-9,11-13,23H2;1H. The highest BCUT2D eigenvalue weighted by atomic mass is 35.5. The molecule has 1 saturated heterocycles. The highest BCUT2D eigenvalue weighted by Gasteiger charge is 2.43. The Kier molecular flexibility index (Phi) is 6.24. The van der Waals surface area contributed by atoms with Gasteiger partial charge in [0, 0.05) is 24.5 Å². The van der Waals surface area contributed by atoms with E-state index in [4.69, 9.17) is 5.73 Å². The number of hydrogen-bond donors (Lipinski definition) is 1. The maximum absolute atomic E-state index is 13.5. The summed E-state index contributed by atoms with van der Waals surface area (Å²) in [6, 6.07) is 7.34. The second-order valence-electron chi connectivity index (χ2n) is 8.36. The SMILES string of the molecule is Cl.NC1C2CCCC1CC(C(=O)N1CCCC1Cc1cccc(F)c1)C2. The van der Waals surface area contributed by atoms with Gasteiger partial charge in [-0.3, -0.25) is 4.79 Å². The first-order valence-electron chi connectivity index (χ1n) is 9.92. The third kappa shape index (κ3) is 3.91. The van der Waals surface area contributed by atoms with E-state index in [1.807, 2.05) is 6.07 Å². The van der Waals surface area contributed by atoms with Crippen LogP contribution in [-0.4, -0.2) is 29.4 Å². The van der Waals surface area contributed by atoms with Crippen LogP contribution >= 0.6 is 12.4 Å². The van der Waals surface area contributed by atoms with Crippen molar-refractivity contribution in [2.45, 2.75) is 63.5 Å². The van der Waals surface area contributed by atoms with Gasteiger partial charge in [-0.1, -0.05) is 18.6 Å². The van der Waals surface area contributed by atoms with E-state index in [-0.39, 0.29) is 30.2 Å². The van der Waals surface area contributed by atoms with E-state index in [1.165, 1.54) is 25.3 Å². The molecular weight excluding hydrogens is 351 g/mol. The van der Waals surface area contributed by atoms with Gasteiger partial charge in [0.25, 0.3) is 0 Å². The normalized spacial score (nSPS) is 33.6. The van der Waals surface area contributed by atoms with Crippen LogP contribution in [0.15, 0.2) is 24.3 Å². The summed E-state index contributed by atoms with van der Waals surface area (Å²) < 4.78 is 13.5. The van der Waals surface area contributed by atoms with Gasteiger partial charge in [0.2, 0.25) is 5.91 Å². The lowest BCUT2D eigenvalue weighted by Crippen LogP contribution is -2.50. The first-order valence-corrected chi connectivity index (χ1v) is 9.92. The Bertz CT molecular complexity index is 626. The lowest BCUT2D eigenvalue weighted by Gasteiger charge is -2.44. The predicted octanol–water partition coefficient (Wildman–Crippen LogP) is 3.93. The van der Waals surface area contributed by atoms with Crippen molar-refractivity contribution < 1.29 is 9.18 Å². The zero-order valence-corrected chi connectivity index (χ0v) is 16.1. The number of carbonyl (C=O) groups excluding carboxylic acids is 1. The average Bonchev–Trinajstić information content (AvgIpc) is 3.02. The first-order chi connectivity index (χ1) is 12.1. The Morgan fingerprint density at radius 1 is 1.15 bits per heavy atom. The summed E-state index contributed by atoms with van der Waals surface area (Å²) >= 11 is 0. The predicted molar refractivity (Wildman–Crippen MR) is 104 cm³/mol. The van der Waals surface area contributed by atoms with Gasteiger partial charge < -0.3 is 10.6 Å². The molecule has 0 aromatic heterocycles. The average molecular weight is 381 g/mol. The molecule has 0 radical (unpaired) electrons. The fraction of sp³-hybridized carbons (Fsp3) is 0.667. The van der Waals surface area contributed by atoms with Crippen LogP contribution in [0.25, 0.3) is 0 Å². The second-order valence-corrected chi connectivity index (χ2v) is 8.36. The monoisotopic (exact) mass is 380 g/mol. The summed E-state index contributed by atoms with van der Waals surface area (Å²) in [6.45, 7) is 0.858. The molecule has 3 nitrogen and oxygen atoms in total. The Labute approximate surface area is 161 Å². The van der Waals surface area contributed by atoms with Crippen molar-refractivity contribution in [1.82, 2.24) is 4.90 Å². The Balaban J connectivity index is 0.00000196. The number of nitrogens with two attached hydrogens (primary N) is 1. The van der Waals surface area contributed by atoms with Gasteiger partial charge in [0.15, 0.2) is 0 Å². The fourth-order valence-corrected chi connectivity index (χ4v) is 5.50. The van der Waals surface area contributed by atoms with Gasteiger partial charge >= 0.3 is 0 Å². The summed E-state index contributed by atoms with van der Waals surface area (Å²) in [5, 5.41) is 0. The number of benzene rings is 1. The van der Waals surface area contributed by atoms with E-state index >= 15 is 0 Å². The lowest BCUT2D eigenvalue weighted by molar-refractivity contribution is -0.139. The Morgan fingerprint density at radius 2 is 1.88 bits per heavy atom. The smallest absolute Gasteiger partial charge is 0.225 e.